The minimum Gasteiger partial charge on any atom is -0.493 e. The van der Waals surface area contributed by atoms with Crippen molar-refractivity contribution in [3.63, 3.8) is 0 Å². The Labute approximate surface area is 209 Å². The van der Waals surface area contributed by atoms with Crippen LogP contribution in [0.3, 0.4) is 0 Å². The first-order valence-electron chi connectivity index (χ1n) is 11.7. The maximum atomic E-state index is 13.5. The molecule has 2 aromatic rings. The monoisotopic (exact) mass is 499 g/mol. The average molecular weight is 500 g/mol. The second-order valence-corrected chi connectivity index (χ2v) is 11.2. The molecule has 0 saturated heterocycles. The van der Waals surface area contributed by atoms with Crippen LogP contribution in [-0.2, 0) is 4.79 Å². The third kappa shape index (κ3) is 4.78. The van der Waals surface area contributed by atoms with Gasteiger partial charge in [-0.2, -0.15) is 0 Å². The number of hydrogen-bond acceptors (Lipinski definition) is 8. The second kappa shape index (κ2) is 9.60. The largest absolute Gasteiger partial charge is 0.493 e. The van der Waals surface area contributed by atoms with Crippen LogP contribution in [0.5, 0.6) is 17.2 Å². The zero-order chi connectivity index (χ0) is 25.5. The van der Waals surface area contributed by atoms with Gasteiger partial charge in [0.25, 0.3) is 5.56 Å². The molecule has 35 heavy (non-hydrogen) atoms. The molecule has 1 atom stereocenters. The van der Waals surface area contributed by atoms with E-state index in [1.807, 2.05) is 0 Å². The molecule has 1 aliphatic heterocycles. The minimum atomic E-state index is -0.612. The topological polar surface area (TPSA) is 103 Å². The molecular weight excluding hydrogens is 466 g/mol. The highest BCUT2D eigenvalue weighted by Crippen LogP contribution is 2.50. The van der Waals surface area contributed by atoms with Crippen LogP contribution in [0.1, 0.15) is 57.6 Å². The molecule has 1 aliphatic carbocycles. The van der Waals surface area contributed by atoms with Gasteiger partial charge in [-0.05, 0) is 35.4 Å². The minimum absolute atomic E-state index is 0.0193. The number of ketones is 1. The SMILES string of the molecule is COc1cc(C2C3=C(CC(C)(C)CC3=O)Nc3nc(SCC(C)C)[nH]c(=O)c32)cc(OC)c1OC. The Morgan fingerprint density at radius 3 is 2.31 bits per heavy atom. The summed E-state index contributed by atoms with van der Waals surface area (Å²) >= 11 is 1.51. The van der Waals surface area contributed by atoms with Crippen LogP contribution in [0, 0.1) is 11.3 Å². The molecule has 1 unspecified atom stereocenters. The third-order valence-electron chi connectivity index (χ3n) is 6.27. The van der Waals surface area contributed by atoms with E-state index < -0.39 is 5.92 Å². The number of hydrogen-bond donors (Lipinski definition) is 2. The molecule has 2 heterocycles. The number of Topliss-reactive ketones (excluding diaryl/α,β-unsaturated/α-hetero) is 1. The van der Waals surface area contributed by atoms with Crippen LogP contribution in [0.2, 0.25) is 0 Å². The normalized spacial score (nSPS) is 18.6. The van der Waals surface area contributed by atoms with Crippen LogP contribution in [0.25, 0.3) is 0 Å². The van der Waals surface area contributed by atoms with E-state index in [-0.39, 0.29) is 16.8 Å². The second-order valence-electron chi connectivity index (χ2n) is 10.2. The van der Waals surface area contributed by atoms with Crippen molar-refractivity contribution in [1.29, 1.82) is 0 Å². The van der Waals surface area contributed by atoms with Crippen LogP contribution in [-0.4, -0.2) is 42.8 Å². The number of benzene rings is 1. The highest BCUT2D eigenvalue weighted by molar-refractivity contribution is 7.99. The number of carbonyl (C=O) groups is 1. The molecule has 0 spiro atoms. The van der Waals surface area contributed by atoms with Gasteiger partial charge in [-0.3, -0.25) is 9.59 Å². The molecule has 1 aromatic heterocycles. The van der Waals surface area contributed by atoms with E-state index in [1.54, 1.807) is 26.4 Å². The van der Waals surface area contributed by atoms with Crippen molar-refractivity contribution in [1.82, 2.24) is 9.97 Å². The van der Waals surface area contributed by atoms with Gasteiger partial charge in [-0.25, -0.2) is 4.98 Å². The van der Waals surface area contributed by atoms with Gasteiger partial charge >= 0.3 is 0 Å². The summed E-state index contributed by atoms with van der Waals surface area (Å²) in [4.78, 5) is 34.7. The summed E-state index contributed by atoms with van der Waals surface area (Å²) < 4.78 is 16.6. The standard InChI is InChI=1S/C26H33N3O5S/c1-13(2)12-35-25-28-23-21(24(31)29-25)19(20-15(27-23)10-26(3,4)11-16(20)30)14-8-17(32-5)22(34-7)18(9-14)33-6/h8-9,13,19H,10-12H2,1-7H3,(H2,27,28,29,31). The van der Waals surface area contributed by atoms with Gasteiger partial charge in [-0.1, -0.05) is 39.5 Å². The highest BCUT2D eigenvalue weighted by atomic mass is 32.2. The number of anilines is 1. The molecule has 0 saturated carbocycles. The number of H-pyrrole nitrogens is 1. The number of aromatic amines is 1. The van der Waals surface area contributed by atoms with Crippen molar-refractivity contribution in [2.75, 3.05) is 32.4 Å². The lowest BCUT2D eigenvalue weighted by molar-refractivity contribution is -0.118. The fourth-order valence-corrected chi connectivity index (χ4v) is 5.62. The van der Waals surface area contributed by atoms with Crippen molar-refractivity contribution >= 4 is 23.4 Å². The molecule has 4 rings (SSSR count). The summed E-state index contributed by atoms with van der Waals surface area (Å²) in [5.74, 6) is 2.55. The van der Waals surface area contributed by atoms with Gasteiger partial charge in [0.15, 0.2) is 22.4 Å². The Kier molecular flexibility index (Phi) is 6.90. The van der Waals surface area contributed by atoms with Crippen LogP contribution in [0.15, 0.2) is 33.4 Å². The van der Waals surface area contributed by atoms with Gasteiger partial charge in [0.2, 0.25) is 5.75 Å². The molecule has 9 heteroatoms. The van der Waals surface area contributed by atoms with Gasteiger partial charge in [0.1, 0.15) is 5.82 Å². The van der Waals surface area contributed by atoms with E-state index in [1.165, 1.54) is 18.9 Å². The Hall–Kier alpha value is -2.94. The Balaban J connectivity index is 1.95. The van der Waals surface area contributed by atoms with E-state index in [0.717, 1.165) is 11.4 Å². The first-order chi connectivity index (χ1) is 16.6. The summed E-state index contributed by atoms with van der Waals surface area (Å²) in [6.07, 6.45) is 1.08. The highest BCUT2D eigenvalue weighted by Gasteiger charge is 2.43. The van der Waals surface area contributed by atoms with Crippen LogP contribution >= 0.6 is 11.8 Å². The summed E-state index contributed by atoms with van der Waals surface area (Å²) in [6, 6.07) is 3.61. The lowest BCUT2D eigenvalue weighted by Crippen LogP contribution is -2.37. The van der Waals surface area contributed by atoms with Crippen LogP contribution < -0.4 is 25.1 Å². The van der Waals surface area contributed by atoms with Crippen molar-refractivity contribution in [3.05, 3.63) is 44.9 Å². The predicted octanol–water partition coefficient (Wildman–Crippen LogP) is 4.74. The van der Waals surface area contributed by atoms with E-state index >= 15 is 0 Å². The number of nitrogens with one attached hydrogen (secondary N) is 2. The summed E-state index contributed by atoms with van der Waals surface area (Å²) in [5.41, 5.74) is 2.07. The predicted molar refractivity (Wildman–Crippen MR) is 137 cm³/mol. The van der Waals surface area contributed by atoms with Gasteiger partial charge in [-0.15, -0.1) is 0 Å². The molecule has 188 valence electrons. The summed E-state index contributed by atoms with van der Waals surface area (Å²) in [7, 11) is 4.63. The number of ether oxygens (including phenoxy) is 3. The van der Waals surface area contributed by atoms with Crippen molar-refractivity contribution in [2.24, 2.45) is 11.3 Å². The smallest absolute Gasteiger partial charge is 0.257 e. The van der Waals surface area contributed by atoms with Crippen molar-refractivity contribution in [3.8, 4) is 17.2 Å². The van der Waals surface area contributed by atoms with Gasteiger partial charge in [0, 0.05) is 29.4 Å². The Morgan fingerprint density at radius 1 is 1.09 bits per heavy atom. The van der Waals surface area contributed by atoms with E-state index in [2.05, 4.69) is 38.0 Å². The van der Waals surface area contributed by atoms with E-state index in [0.29, 0.717) is 63.7 Å². The Bertz CT molecular complexity index is 1220. The number of rotatable bonds is 7. The number of thioether (sulfide) groups is 1. The first-order valence-corrected chi connectivity index (χ1v) is 12.7. The zero-order valence-corrected chi connectivity index (χ0v) is 22.1. The molecular formula is C26H33N3O5S. The number of fused-ring (bicyclic) bond motifs is 1. The molecule has 8 nitrogen and oxygen atoms in total. The molecule has 1 aromatic carbocycles. The summed E-state index contributed by atoms with van der Waals surface area (Å²) in [5, 5.41) is 3.92. The van der Waals surface area contributed by atoms with Crippen LogP contribution in [0.4, 0.5) is 5.82 Å². The molecule has 0 bridgehead atoms. The van der Waals surface area contributed by atoms with Gasteiger partial charge in [0.05, 0.1) is 26.9 Å². The van der Waals surface area contributed by atoms with Crippen molar-refractivity contribution in [2.45, 2.75) is 51.6 Å². The maximum Gasteiger partial charge on any atom is 0.257 e. The lowest BCUT2D eigenvalue weighted by Gasteiger charge is -2.38. The quantitative estimate of drug-likeness (QED) is 0.416. The van der Waals surface area contributed by atoms with Crippen molar-refractivity contribution < 1.29 is 19.0 Å². The van der Waals surface area contributed by atoms with E-state index in [9.17, 15) is 9.59 Å². The molecule has 0 radical (unpaired) electrons. The molecule has 0 amide bonds. The number of allylic oxidation sites excluding steroid dienone is 2. The van der Waals surface area contributed by atoms with Gasteiger partial charge < -0.3 is 24.5 Å². The number of aromatic nitrogens is 2. The number of nitrogens with zero attached hydrogens (tertiary/aromatic N) is 1. The van der Waals surface area contributed by atoms with E-state index in [4.69, 9.17) is 19.2 Å². The zero-order valence-electron chi connectivity index (χ0n) is 21.3. The Morgan fingerprint density at radius 2 is 1.74 bits per heavy atom. The fourth-order valence-electron chi connectivity index (χ4n) is 4.81. The molecule has 2 N–H and O–H groups in total. The number of methoxy groups -OCH3 is 3. The molecule has 0 fully saturated rings. The third-order valence-corrected chi connectivity index (χ3v) is 7.57. The average Bonchev–Trinajstić information content (AvgIpc) is 2.79. The fraction of sp³-hybridized carbons (Fsp3) is 0.500. The lowest BCUT2D eigenvalue weighted by atomic mass is 9.69. The summed E-state index contributed by atoms with van der Waals surface area (Å²) in [6.45, 7) is 8.40. The molecule has 2 aliphatic rings. The first kappa shape index (κ1) is 25.2. The number of carbonyl (C=O) groups excluding carboxylic acids is 1. The maximum absolute atomic E-state index is 13.5.